The summed E-state index contributed by atoms with van der Waals surface area (Å²) in [5.41, 5.74) is 7.62. The molecule has 0 aliphatic carbocycles. The van der Waals surface area contributed by atoms with Crippen LogP contribution in [0.2, 0.25) is 0 Å². The number of hydrogen-bond acceptors (Lipinski definition) is 6. The Balaban J connectivity index is 1.77. The Morgan fingerprint density at radius 3 is 1.97 bits per heavy atom. The van der Waals surface area contributed by atoms with Gasteiger partial charge >= 0.3 is 0 Å². The van der Waals surface area contributed by atoms with Crippen molar-refractivity contribution in [2.24, 2.45) is 5.73 Å². The van der Waals surface area contributed by atoms with Crippen LogP contribution in [0.25, 0.3) is 0 Å². The van der Waals surface area contributed by atoms with Crippen molar-refractivity contribution in [3.05, 3.63) is 83.9 Å². The molecule has 2 unspecified atom stereocenters. The topological polar surface area (TPSA) is 179 Å². The first kappa shape index (κ1) is 26.9. The highest BCUT2D eigenvalue weighted by molar-refractivity contribution is 5.94. The Morgan fingerprint density at radius 1 is 0.838 bits per heavy atom. The van der Waals surface area contributed by atoms with E-state index in [1.807, 2.05) is 30.3 Å². The number of H-pyrrole nitrogens is 1. The Bertz CT molecular complexity index is 1200. The molecule has 0 spiro atoms. The summed E-state index contributed by atoms with van der Waals surface area (Å²) in [6.07, 6.45) is 3.33. The van der Waals surface area contributed by atoms with Crippen LogP contribution >= 0.6 is 0 Å². The van der Waals surface area contributed by atoms with Gasteiger partial charge in [-0.15, -0.1) is 0 Å². The van der Waals surface area contributed by atoms with Crippen LogP contribution < -0.4 is 21.7 Å². The Kier molecular flexibility index (Phi) is 9.36. The number of aromatic nitrogens is 2. The zero-order chi connectivity index (χ0) is 26.8. The fourth-order valence-corrected chi connectivity index (χ4v) is 3.77. The minimum Gasteiger partial charge on any atom is -0.508 e. The van der Waals surface area contributed by atoms with Gasteiger partial charge in [-0.25, -0.2) is 4.98 Å². The summed E-state index contributed by atoms with van der Waals surface area (Å²) in [6, 6.07) is 12.2. The largest absolute Gasteiger partial charge is 0.508 e. The fraction of sp³-hybridized carbons (Fsp3) is 0.269. The second kappa shape index (κ2) is 12.9. The van der Waals surface area contributed by atoms with Gasteiger partial charge in [0.05, 0.1) is 6.33 Å². The highest BCUT2D eigenvalue weighted by Crippen LogP contribution is 2.12. The summed E-state index contributed by atoms with van der Waals surface area (Å²) in [7, 11) is 0. The van der Waals surface area contributed by atoms with Crippen LogP contribution in [0.1, 0.15) is 23.7 Å². The molecule has 0 bridgehead atoms. The minimum absolute atomic E-state index is 0.0559. The van der Waals surface area contributed by atoms with Crippen molar-refractivity contribution < 1.29 is 24.3 Å². The van der Waals surface area contributed by atoms with Gasteiger partial charge in [-0.3, -0.25) is 19.2 Å². The van der Waals surface area contributed by atoms with Crippen LogP contribution in [0.4, 0.5) is 0 Å². The monoisotopic (exact) mass is 506 g/mol. The molecule has 1 heterocycles. The molecule has 7 N–H and O–H groups in total. The first-order valence-corrected chi connectivity index (χ1v) is 11.7. The number of hydrogen-bond donors (Lipinski definition) is 6. The lowest BCUT2D eigenvalue weighted by Gasteiger charge is -2.24. The van der Waals surface area contributed by atoms with Gasteiger partial charge in [0.25, 0.3) is 0 Å². The molecule has 11 nitrogen and oxygen atoms in total. The predicted molar refractivity (Wildman–Crippen MR) is 135 cm³/mol. The lowest BCUT2D eigenvalue weighted by molar-refractivity contribution is -0.133. The molecule has 11 heteroatoms. The summed E-state index contributed by atoms with van der Waals surface area (Å²) in [4.78, 5) is 57.2. The number of phenols is 1. The van der Waals surface area contributed by atoms with Crippen molar-refractivity contribution in [3.63, 3.8) is 0 Å². The number of aromatic amines is 1. The molecular formula is C26H30N6O5. The van der Waals surface area contributed by atoms with Gasteiger partial charge in [-0.1, -0.05) is 42.5 Å². The molecule has 2 aromatic carbocycles. The van der Waals surface area contributed by atoms with Crippen LogP contribution in [-0.4, -0.2) is 56.8 Å². The normalized spacial score (nSPS) is 13.1. The number of nitrogens with zero attached hydrogens (tertiary/aromatic N) is 1. The molecule has 0 fully saturated rings. The maximum absolute atomic E-state index is 13.3. The highest BCUT2D eigenvalue weighted by atomic mass is 16.3. The number of phenolic OH excluding ortho intramolecular Hbond substituents is 1. The number of amides is 4. The molecule has 3 atom stereocenters. The van der Waals surface area contributed by atoms with E-state index in [1.54, 1.807) is 12.1 Å². The molecule has 0 saturated heterocycles. The second-order valence-electron chi connectivity index (χ2n) is 8.62. The van der Waals surface area contributed by atoms with Gasteiger partial charge in [0.15, 0.2) is 0 Å². The summed E-state index contributed by atoms with van der Waals surface area (Å²) < 4.78 is 0. The van der Waals surface area contributed by atoms with Crippen LogP contribution in [-0.2, 0) is 38.4 Å². The van der Waals surface area contributed by atoms with E-state index < -0.39 is 41.8 Å². The number of imidazole rings is 1. The Hall–Kier alpha value is -4.67. The van der Waals surface area contributed by atoms with E-state index >= 15 is 0 Å². The van der Waals surface area contributed by atoms with Gasteiger partial charge < -0.3 is 31.8 Å². The number of rotatable bonds is 12. The number of carbonyl (C=O) groups is 4. The van der Waals surface area contributed by atoms with Crippen LogP contribution in [0.3, 0.4) is 0 Å². The number of benzene rings is 2. The van der Waals surface area contributed by atoms with E-state index in [-0.39, 0.29) is 25.0 Å². The molecule has 1 aromatic heterocycles. The third-order valence-electron chi connectivity index (χ3n) is 5.62. The smallest absolute Gasteiger partial charge is 0.243 e. The maximum Gasteiger partial charge on any atom is 0.243 e. The molecule has 194 valence electrons. The van der Waals surface area contributed by atoms with Crippen molar-refractivity contribution >= 4 is 23.6 Å². The predicted octanol–water partition coefficient (Wildman–Crippen LogP) is 0.103. The molecule has 3 rings (SSSR count). The van der Waals surface area contributed by atoms with E-state index in [4.69, 9.17) is 5.73 Å². The molecule has 0 radical (unpaired) electrons. The van der Waals surface area contributed by atoms with Gasteiger partial charge in [0.1, 0.15) is 23.9 Å². The fourth-order valence-electron chi connectivity index (χ4n) is 3.77. The molecule has 3 aromatic rings. The highest BCUT2D eigenvalue weighted by Gasteiger charge is 2.29. The van der Waals surface area contributed by atoms with Crippen molar-refractivity contribution in [1.29, 1.82) is 0 Å². The molecule has 0 saturated carbocycles. The number of aromatic hydroxyl groups is 1. The summed E-state index contributed by atoms with van der Waals surface area (Å²) >= 11 is 0. The number of nitrogens with two attached hydrogens (primary N) is 1. The molecular weight excluding hydrogens is 476 g/mol. The zero-order valence-corrected chi connectivity index (χ0v) is 20.3. The van der Waals surface area contributed by atoms with Crippen molar-refractivity contribution in [1.82, 2.24) is 25.9 Å². The number of carbonyl (C=O) groups excluding carboxylic acids is 4. The molecule has 0 aliphatic heterocycles. The van der Waals surface area contributed by atoms with Crippen molar-refractivity contribution in [2.45, 2.75) is 44.3 Å². The van der Waals surface area contributed by atoms with Crippen LogP contribution in [0, 0.1) is 0 Å². The Morgan fingerprint density at radius 2 is 1.41 bits per heavy atom. The summed E-state index contributed by atoms with van der Waals surface area (Å²) in [6.45, 7) is 1.28. The van der Waals surface area contributed by atoms with Crippen molar-refractivity contribution in [2.75, 3.05) is 0 Å². The standard InChI is InChI=1S/C26H30N6O5/c1-16(33)30-22(12-18-7-9-20(34)10-8-18)25(36)32-23(13-19-14-28-15-29-19)26(37)31-21(24(27)35)11-17-5-3-2-4-6-17/h2-10,14-15,21-23,34H,11-13H2,1H3,(H2,27,35)(H,28,29)(H,30,33)(H,31,37)(H,32,36)/t21?,22?,23-/m0/s1. The lowest BCUT2D eigenvalue weighted by atomic mass is 10.0. The average molecular weight is 507 g/mol. The first-order chi connectivity index (χ1) is 17.7. The zero-order valence-electron chi connectivity index (χ0n) is 20.3. The number of nitrogens with one attached hydrogen (secondary N) is 4. The maximum atomic E-state index is 13.3. The summed E-state index contributed by atoms with van der Waals surface area (Å²) in [5.74, 6) is -2.28. The summed E-state index contributed by atoms with van der Waals surface area (Å²) in [5, 5.41) is 17.4. The second-order valence-corrected chi connectivity index (χ2v) is 8.62. The third kappa shape index (κ3) is 8.49. The van der Waals surface area contributed by atoms with E-state index in [0.29, 0.717) is 11.3 Å². The third-order valence-corrected chi connectivity index (χ3v) is 5.62. The quantitative estimate of drug-likeness (QED) is 0.203. The van der Waals surface area contributed by atoms with E-state index in [2.05, 4.69) is 25.9 Å². The number of primary amides is 1. The van der Waals surface area contributed by atoms with Gasteiger partial charge in [0, 0.05) is 38.1 Å². The Labute approximate surface area is 213 Å². The average Bonchev–Trinajstić information content (AvgIpc) is 3.37. The minimum atomic E-state index is -1.10. The van der Waals surface area contributed by atoms with Crippen molar-refractivity contribution in [3.8, 4) is 5.75 Å². The van der Waals surface area contributed by atoms with Gasteiger partial charge in [-0.2, -0.15) is 0 Å². The van der Waals surface area contributed by atoms with Crippen LogP contribution in [0.5, 0.6) is 5.75 Å². The van der Waals surface area contributed by atoms with Crippen LogP contribution in [0.15, 0.2) is 67.1 Å². The van der Waals surface area contributed by atoms with Gasteiger partial charge in [-0.05, 0) is 23.3 Å². The molecule has 37 heavy (non-hydrogen) atoms. The first-order valence-electron chi connectivity index (χ1n) is 11.7. The lowest BCUT2D eigenvalue weighted by Crippen LogP contribution is -2.57. The van der Waals surface area contributed by atoms with E-state index in [0.717, 1.165) is 5.56 Å². The van der Waals surface area contributed by atoms with E-state index in [9.17, 15) is 24.3 Å². The van der Waals surface area contributed by atoms with E-state index in [1.165, 1.54) is 31.6 Å². The SMILES string of the molecule is CC(=O)NC(Cc1ccc(O)cc1)C(=O)N[C@@H](Cc1cnc[nH]1)C(=O)NC(Cc1ccccc1)C(N)=O. The van der Waals surface area contributed by atoms with Gasteiger partial charge in [0.2, 0.25) is 23.6 Å². The molecule has 4 amide bonds. The molecule has 0 aliphatic rings.